The highest BCUT2D eigenvalue weighted by Crippen LogP contribution is 2.00. The number of carbonyl (C=O) groups is 1. The molecule has 0 fully saturated rings. The van der Waals surface area contributed by atoms with Gasteiger partial charge < -0.3 is 15.2 Å². The number of nitrogens with zero attached hydrogens (tertiary/aromatic N) is 2. The molecule has 96 valence electrons. The predicted octanol–water partition coefficient (Wildman–Crippen LogP) is 1.15. The third-order valence-corrected chi connectivity index (χ3v) is 2.49. The van der Waals surface area contributed by atoms with Gasteiger partial charge in [-0.1, -0.05) is 13.8 Å². The first-order valence-corrected chi connectivity index (χ1v) is 6.05. The van der Waals surface area contributed by atoms with Gasteiger partial charge in [0.25, 0.3) is 0 Å². The number of carbonyl (C=O) groups excluding carboxylic acids is 1. The monoisotopic (exact) mass is 238 g/mol. The van der Waals surface area contributed by atoms with E-state index in [2.05, 4.69) is 29.1 Å². The van der Waals surface area contributed by atoms with Gasteiger partial charge >= 0.3 is 0 Å². The molecule has 1 rings (SSSR count). The molecular formula is C12H22N4O. The Bertz CT molecular complexity index is 321. The predicted molar refractivity (Wildman–Crippen MR) is 67.4 cm³/mol. The van der Waals surface area contributed by atoms with E-state index in [1.54, 1.807) is 24.3 Å². The highest BCUT2D eigenvalue weighted by Gasteiger charge is 2.09. The van der Waals surface area contributed by atoms with Gasteiger partial charge in [-0.05, 0) is 13.0 Å². The number of amides is 1. The highest BCUT2D eigenvalue weighted by atomic mass is 16.2. The van der Waals surface area contributed by atoms with Crippen LogP contribution in [0, 0.1) is 0 Å². The van der Waals surface area contributed by atoms with E-state index < -0.39 is 0 Å². The summed E-state index contributed by atoms with van der Waals surface area (Å²) in [5.41, 5.74) is 0. The van der Waals surface area contributed by atoms with Gasteiger partial charge in [0.05, 0.1) is 6.54 Å². The second-order valence-electron chi connectivity index (χ2n) is 4.50. The van der Waals surface area contributed by atoms with Crippen molar-refractivity contribution in [3.63, 3.8) is 0 Å². The van der Waals surface area contributed by atoms with Crippen LogP contribution in [0.2, 0.25) is 0 Å². The van der Waals surface area contributed by atoms with Gasteiger partial charge in [-0.3, -0.25) is 4.79 Å². The first-order valence-electron chi connectivity index (χ1n) is 6.05. The van der Waals surface area contributed by atoms with Gasteiger partial charge in [-0.2, -0.15) is 0 Å². The minimum atomic E-state index is 0.159. The van der Waals surface area contributed by atoms with Gasteiger partial charge in [0.1, 0.15) is 5.82 Å². The molecule has 5 heteroatoms. The average Bonchev–Trinajstić information content (AvgIpc) is 2.76. The Balaban J connectivity index is 2.18. The molecule has 1 heterocycles. The molecule has 17 heavy (non-hydrogen) atoms. The zero-order chi connectivity index (χ0) is 12.7. The average molecular weight is 238 g/mol. The van der Waals surface area contributed by atoms with Crippen molar-refractivity contribution in [1.82, 2.24) is 20.2 Å². The Morgan fingerprint density at radius 3 is 2.94 bits per heavy atom. The Labute approximate surface area is 103 Å². The number of aromatic nitrogens is 2. The number of hydrogen-bond donors (Lipinski definition) is 2. The molecule has 0 aliphatic rings. The Morgan fingerprint density at radius 2 is 2.35 bits per heavy atom. The molecular weight excluding hydrogens is 216 g/mol. The van der Waals surface area contributed by atoms with Crippen LogP contribution in [0.15, 0.2) is 12.4 Å². The second-order valence-corrected chi connectivity index (χ2v) is 4.50. The smallest absolute Gasteiger partial charge is 0.222 e. The fourth-order valence-electron chi connectivity index (χ4n) is 1.52. The first kappa shape index (κ1) is 13.7. The SMILES string of the molecule is CC(C)NCCCC(=O)N(C)Cc1ncc[nH]1. The molecule has 0 aromatic carbocycles. The summed E-state index contributed by atoms with van der Waals surface area (Å²) in [5.74, 6) is 0.980. The summed E-state index contributed by atoms with van der Waals surface area (Å²) in [7, 11) is 1.81. The first-order chi connectivity index (χ1) is 8.09. The largest absolute Gasteiger partial charge is 0.347 e. The van der Waals surface area contributed by atoms with Crippen molar-refractivity contribution < 1.29 is 4.79 Å². The van der Waals surface area contributed by atoms with Crippen LogP contribution in [0.1, 0.15) is 32.5 Å². The van der Waals surface area contributed by atoms with Crippen LogP contribution in [0.25, 0.3) is 0 Å². The van der Waals surface area contributed by atoms with E-state index in [1.807, 2.05) is 0 Å². The molecule has 0 saturated heterocycles. The fraction of sp³-hybridized carbons (Fsp3) is 0.667. The summed E-state index contributed by atoms with van der Waals surface area (Å²) in [4.78, 5) is 20.6. The fourth-order valence-corrected chi connectivity index (χ4v) is 1.52. The van der Waals surface area contributed by atoms with Gasteiger partial charge in [0.2, 0.25) is 5.91 Å². The minimum Gasteiger partial charge on any atom is -0.347 e. The molecule has 0 saturated carbocycles. The van der Waals surface area contributed by atoms with Crippen molar-refractivity contribution in [3.05, 3.63) is 18.2 Å². The standard InChI is InChI=1S/C12H22N4O/c1-10(2)13-6-4-5-12(17)16(3)9-11-14-7-8-15-11/h7-8,10,13H,4-6,9H2,1-3H3,(H,14,15). The number of nitrogens with one attached hydrogen (secondary N) is 2. The third-order valence-electron chi connectivity index (χ3n) is 2.49. The summed E-state index contributed by atoms with van der Waals surface area (Å²) >= 11 is 0. The lowest BCUT2D eigenvalue weighted by Gasteiger charge is -2.16. The van der Waals surface area contributed by atoms with E-state index in [0.29, 0.717) is 19.0 Å². The Hall–Kier alpha value is -1.36. The quantitative estimate of drug-likeness (QED) is 0.700. The molecule has 5 nitrogen and oxygen atoms in total. The van der Waals surface area contributed by atoms with Crippen molar-refractivity contribution in [2.24, 2.45) is 0 Å². The van der Waals surface area contributed by atoms with Crippen molar-refractivity contribution in [3.8, 4) is 0 Å². The lowest BCUT2D eigenvalue weighted by molar-refractivity contribution is -0.130. The third kappa shape index (κ3) is 5.49. The van der Waals surface area contributed by atoms with Crippen molar-refractivity contribution in [2.75, 3.05) is 13.6 Å². The van der Waals surface area contributed by atoms with Gasteiger partial charge in [0, 0.05) is 31.9 Å². The number of imidazole rings is 1. The lowest BCUT2D eigenvalue weighted by atomic mass is 10.2. The van der Waals surface area contributed by atoms with Gasteiger partial charge in [-0.25, -0.2) is 4.98 Å². The van der Waals surface area contributed by atoms with Crippen LogP contribution >= 0.6 is 0 Å². The summed E-state index contributed by atoms with van der Waals surface area (Å²) in [6.45, 7) is 5.64. The molecule has 1 aromatic rings. The van der Waals surface area contributed by atoms with Crippen LogP contribution in [0.5, 0.6) is 0 Å². The summed E-state index contributed by atoms with van der Waals surface area (Å²) in [6, 6.07) is 0.478. The van der Waals surface area contributed by atoms with Crippen LogP contribution in [0.3, 0.4) is 0 Å². The van der Waals surface area contributed by atoms with E-state index in [9.17, 15) is 4.79 Å². The van der Waals surface area contributed by atoms with Gasteiger partial charge in [-0.15, -0.1) is 0 Å². The molecule has 0 radical (unpaired) electrons. The van der Waals surface area contributed by atoms with Crippen molar-refractivity contribution in [1.29, 1.82) is 0 Å². The van der Waals surface area contributed by atoms with Crippen molar-refractivity contribution in [2.45, 2.75) is 39.3 Å². The molecule has 2 N–H and O–H groups in total. The highest BCUT2D eigenvalue weighted by molar-refractivity contribution is 5.75. The molecule has 0 aliphatic carbocycles. The Kier molecular flexibility index (Phi) is 5.69. The molecule has 0 bridgehead atoms. The number of aromatic amines is 1. The minimum absolute atomic E-state index is 0.159. The van der Waals surface area contributed by atoms with E-state index in [-0.39, 0.29) is 5.91 Å². The molecule has 1 amide bonds. The maximum Gasteiger partial charge on any atom is 0.222 e. The molecule has 1 aromatic heterocycles. The van der Waals surface area contributed by atoms with Crippen molar-refractivity contribution >= 4 is 5.91 Å². The number of hydrogen-bond acceptors (Lipinski definition) is 3. The maximum atomic E-state index is 11.8. The molecule has 0 atom stereocenters. The summed E-state index contributed by atoms with van der Waals surface area (Å²) in [5, 5.41) is 3.30. The second kappa shape index (κ2) is 7.06. The topological polar surface area (TPSA) is 61.0 Å². The molecule has 0 spiro atoms. The van der Waals surface area contributed by atoms with Crippen LogP contribution in [-0.4, -0.2) is 40.4 Å². The summed E-state index contributed by atoms with van der Waals surface area (Å²) in [6.07, 6.45) is 4.91. The lowest BCUT2D eigenvalue weighted by Crippen LogP contribution is -2.28. The van der Waals surface area contributed by atoms with Crippen LogP contribution in [-0.2, 0) is 11.3 Å². The molecule has 0 unspecified atom stereocenters. The van der Waals surface area contributed by atoms with E-state index in [0.717, 1.165) is 18.8 Å². The Morgan fingerprint density at radius 1 is 1.59 bits per heavy atom. The normalized spacial score (nSPS) is 10.8. The maximum absolute atomic E-state index is 11.8. The summed E-state index contributed by atoms with van der Waals surface area (Å²) < 4.78 is 0. The number of H-pyrrole nitrogens is 1. The molecule has 0 aliphatic heterocycles. The van der Waals surface area contributed by atoms with Crippen LogP contribution < -0.4 is 5.32 Å². The van der Waals surface area contributed by atoms with E-state index in [4.69, 9.17) is 0 Å². The van der Waals surface area contributed by atoms with Gasteiger partial charge in [0.15, 0.2) is 0 Å². The number of rotatable bonds is 7. The van der Waals surface area contributed by atoms with E-state index >= 15 is 0 Å². The zero-order valence-corrected chi connectivity index (χ0v) is 10.9. The zero-order valence-electron chi connectivity index (χ0n) is 10.9. The van der Waals surface area contributed by atoms with Crippen LogP contribution in [0.4, 0.5) is 0 Å². The van der Waals surface area contributed by atoms with E-state index in [1.165, 1.54) is 0 Å².